The van der Waals surface area contributed by atoms with E-state index in [1.54, 1.807) is 0 Å². The first-order chi connectivity index (χ1) is 2.27. The summed E-state index contributed by atoms with van der Waals surface area (Å²) in [6.45, 7) is 1.39. The molecule has 0 aromatic heterocycles. The van der Waals surface area contributed by atoms with Gasteiger partial charge in [-0.15, -0.1) is 0 Å². The van der Waals surface area contributed by atoms with E-state index in [1.165, 1.54) is 6.92 Å². The maximum Gasteiger partial charge on any atom is 0.0742 e. The number of hydrogen-bond donors (Lipinski definition) is 2. The SMILES string of the molecule is CC(O)CO.[Ru]. The molecular formula is C3H8O2Ru. The molecule has 0 heterocycles. The van der Waals surface area contributed by atoms with E-state index in [-0.39, 0.29) is 26.1 Å². The fourth-order valence-corrected chi connectivity index (χ4v) is 0. The van der Waals surface area contributed by atoms with Gasteiger partial charge in [0, 0.05) is 19.5 Å². The Labute approximate surface area is 49.9 Å². The van der Waals surface area contributed by atoms with Crippen LogP contribution in [-0.2, 0) is 19.5 Å². The van der Waals surface area contributed by atoms with Crippen LogP contribution in [0.2, 0.25) is 0 Å². The summed E-state index contributed by atoms with van der Waals surface area (Å²) in [5.74, 6) is 0. The number of hydrogen-bond acceptors (Lipinski definition) is 2. The first-order valence-corrected chi connectivity index (χ1v) is 1.56. The quantitative estimate of drug-likeness (QED) is 0.523. The van der Waals surface area contributed by atoms with Crippen molar-refractivity contribution < 1.29 is 29.7 Å². The van der Waals surface area contributed by atoms with Crippen LogP contribution in [0.1, 0.15) is 6.92 Å². The summed E-state index contributed by atoms with van der Waals surface area (Å²) in [6.07, 6.45) is -0.560. The van der Waals surface area contributed by atoms with Gasteiger partial charge in [-0.2, -0.15) is 0 Å². The summed E-state index contributed by atoms with van der Waals surface area (Å²) in [7, 11) is 0. The molecule has 0 fully saturated rings. The van der Waals surface area contributed by atoms with Gasteiger partial charge in [0.05, 0.1) is 12.7 Å². The predicted molar refractivity (Wildman–Crippen MR) is 18.8 cm³/mol. The summed E-state index contributed by atoms with van der Waals surface area (Å²) in [5, 5.41) is 16.0. The minimum Gasteiger partial charge on any atom is -0.394 e. The van der Waals surface area contributed by atoms with Crippen molar-refractivity contribution in [3.8, 4) is 0 Å². The number of aliphatic hydroxyl groups is 2. The molecule has 3 heteroatoms. The van der Waals surface area contributed by atoms with Crippen LogP contribution in [-0.4, -0.2) is 22.9 Å². The van der Waals surface area contributed by atoms with Gasteiger partial charge in [0.15, 0.2) is 0 Å². The van der Waals surface area contributed by atoms with E-state index >= 15 is 0 Å². The second-order valence-corrected chi connectivity index (χ2v) is 1.03. The Morgan fingerprint density at radius 2 is 1.83 bits per heavy atom. The van der Waals surface area contributed by atoms with Crippen LogP contribution < -0.4 is 0 Å². The molecule has 0 spiro atoms. The molecule has 0 aromatic carbocycles. The normalized spacial score (nSPS) is 12.5. The van der Waals surface area contributed by atoms with Crippen molar-refractivity contribution in [1.29, 1.82) is 0 Å². The van der Waals surface area contributed by atoms with Crippen molar-refractivity contribution in [3.63, 3.8) is 0 Å². The van der Waals surface area contributed by atoms with Gasteiger partial charge in [-0.3, -0.25) is 0 Å². The second kappa shape index (κ2) is 5.54. The maximum absolute atomic E-state index is 8.11. The van der Waals surface area contributed by atoms with Gasteiger partial charge in [-0.05, 0) is 6.92 Å². The van der Waals surface area contributed by atoms with Gasteiger partial charge in [0.1, 0.15) is 0 Å². The molecule has 40 valence electrons. The molecule has 1 atom stereocenters. The van der Waals surface area contributed by atoms with Crippen LogP contribution in [0.25, 0.3) is 0 Å². The largest absolute Gasteiger partial charge is 0.394 e. The Kier molecular flexibility index (Phi) is 9.00. The van der Waals surface area contributed by atoms with Crippen molar-refractivity contribution in [3.05, 3.63) is 0 Å². The zero-order valence-corrected chi connectivity index (χ0v) is 5.27. The minimum absolute atomic E-state index is 0. The van der Waals surface area contributed by atoms with E-state index in [0.29, 0.717) is 0 Å². The summed E-state index contributed by atoms with van der Waals surface area (Å²) in [6, 6.07) is 0. The zero-order valence-electron chi connectivity index (χ0n) is 3.53. The third kappa shape index (κ3) is 8.82. The van der Waals surface area contributed by atoms with Crippen molar-refractivity contribution >= 4 is 0 Å². The third-order valence-corrected chi connectivity index (χ3v) is 0.264. The Morgan fingerprint density at radius 1 is 1.67 bits per heavy atom. The molecule has 0 saturated heterocycles. The summed E-state index contributed by atoms with van der Waals surface area (Å²) < 4.78 is 0. The zero-order chi connectivity index (χ0) is 4.28. The molecular weight excluding hydrogens is 169 g/mol. The van der Waals surface area contributed by atoms with Crippen molar-refractivity contribution in [2.75, 3.05) is 6.61 Å². The third-order valence-electron chi connectivity index (χ3n) is 0.264. The van der Waals surface area contributed by atoms with E-state index in [2.05, 4.69) is 0 Å². The Balaban J connectivity index is 0. The van der Waals surface area contributed by atoms with E-state index < -0.39 is 6.10 Å². The van der Waals surface area contributed by atoms with Crippen molar-refractivity contribution in [2.24, 2.45) is 0 Å². The average Bonchev–Trinajstić information content (AvgIpc) is 1.38. The van der Waals surface area contributed by atoms with E-state index in [9.17, 15) is 0 Å². The molecule has 2 nitrogen and oxygen atoms in total. The smallest absolute Gasteiger partial charge is 0.0742 e. The van der Waals surface area contributed by atoms with Gasteiger partial charge in [0.2, 0.25) is 0 Å². The molecule has 0 aromatic rings. The van der Waals surface area contributed by atoms with Crippen LogP contribution in [0.3, 0.4) is 0 Å². The maximum atomic E-state index is 8.11. The van der Waals surface area contributed by atoms with Gasteiger partial charge in [-0.1, -0.05) is 0 Å². The molecule has 6 heavy (non-hydrogen) atoms. The Morgan fingerprint density at radius 3 is 1.83 bits per heavy atom. The molecule has 0 rings (SSSR count). The standard InChI is InChI=1S/C3H8O2.Ru/c1-3(5)2-4;/h3-5H,2H2,1H3;. The van der Waals surface area contributed by atoms with Crippen LogP contribution in [0.5, 0.6) is 0 Å². The topological polar surface area (TPSA) is 40.5 Å². The number of aliphatic hydroxyl groups excluding tert-OH is 2. The van der Waals surface area contributed by atoms with Crippen LogP contribution in [0.4, 0.5) is 0 Å². The molecule has 0 aliphatic carbocycles. The van der Waals surface area contributed by atoms with Gasteiger partial charge >= 0.3 is 0 Å². The molecule has 0 bridgehead atoms. The van der Waals surface area contributed by atoms with Gasteiger partial charge in [0.25, 0.3) is 0 Å². The Bertz CT molecular complexity index is 22.8. The first-order valence-electron chi connectivity index (χ1n) is 1.56. The van der Waals surface area contributed by atoms with Gasteiger partial charge < -0.3 is 10.2 Å². The summed E-state index contributed by atoms with van der Waals surface area (Å²) in [5.41, 5.74) is 0. The molecule has 0 radical (unpaired) electrons. The summed E-state index contributed by atoms with van der Waals surface area (Å²) in [4.78, 5) is 0. The molecule has 1 unspecified atom stereocenters. The molecule has 0 aliphatic heterocycles. The van der Waals surface area contributed by atoms with Crippen molar-refractivity contribution in [1.82, 2.24) is 0 Å². The molecule has 2 N–H and O–H groups in total. The van der Waals surface area contributed by atoms with Crippen LogP contribution in [0.15, 0.2) is 0 Å². The molecule has 0 aliphatic rings. The van der Waals surface area contributed by atoms with E-state index in [0.717, 1.165) is 0 Å². The number of rotatable bonds is 1. The first kappa shape index (κ1) is 9.74. The average molecular weight is 177 g/mol. The Hall–Kier alpha value is 0.543. The van der Waals surface area contributed by atoms with E-state index in [1.807, 2.05) is 0 Å². The van der Waals surface area contributed by atoms with E-state index in [4.69, 9.17) is 10.2 Å². The fraction of sp³-hybridized carbons (Fsp3) is 1.00. The van der Waals surface area contributed by atoms with Crippen LogP contribution >= 0.6 is 0 Å². The fourth-order valence-electron chi connectivity index (χ4n) is 0. The minimum atomic E-state index is -0.560. The second-order valence-electron chi connectivity index (χ2n) is 1.03. The van der Waals surface area contributed by atoms with Gasteiger partial charge in [-0.25, -0.2) is 0 Å². The molecule has 0 amide bonds. The predicted octanol–water partition coefficient (Wildman–Crippen LogP) is -0.643. The van der Waals surface area contributed by atoms with Crippen LogP contribution in [0, 0.1) is 0 Å². The molecule has 0 saturated carbocycles. The summed E-state index contributed by atoms with van der Waals surface area (Å²) >= 11 is 0. The monoisotopic (exact) mass is 178 g/mol. The van der Waals surface area contributed by atoms with Crippen molar-refractivity contribution in [2.45, 2.75) is 13.0 Å².